The fourth-order valence-electron chi connectivity index (χ4n) is 3.00. The van der Waals surface area contributed by atoms with Gasteiger partial charge < -0.3 is 9.52 Å². The Morgan fingerprint density at radius 1 is 1.07 bits per heavy atom. The molecule has 5 heteroatoms. The largest absolute Gasteiger partial charge is 0.506 e. The highest BCUT2D eigenvalue weighted by Gasteiger charge is 2.11. The van der Waals surface area contributed by atoms with Crippen LogP contribution < -0.4 is 0 Å². The number of hydrogen-bond donors (Lipinski definition) is 1. The third-order valence-electron chi connectivity index (χ3n) is 4.76. The maximum Gasteiger partial charge on any atom is 0.227 e. The second-order valence-electron chi connectivity index (χ2n) is 6.87. The molecule has 0 unspecified atom stereocenters. The molecule has 140 valence electrons. The van der Waals surface area contributed by atoms with Crippen LogP contribution in [0.4, 0.5) is 5.69 Å². The minimum Gasteiger partial charge on any atom is -0.506 e. The number of rotatable bonds is 3. The lowest BCUT2D eigenvalue weighted by Crippen LogP contribution is -1.90. The number of hydrogen-bond acceptors (Lipinski definition) is 4. The number of aromatic hydroxyl groups is 1. The summed E-state index contributed by atoms with van der Waals surface area (Å²) in [4.78, 5) is 9.09. The van der Waals surface area contributed by atoms with E-state index in [0.29, 0.717) is 15.9 Å². The number of phenolic OH excluding ortho intramolecular Hbond substituents is 1. The SMILES string of the molecule is Cc1ccc2nc(-c3cccc(N=Cc4cc(C)c(C)c(Br)c4O)c3)oc2c1. The van der Waals surface area contributed by atoms with Gasteiger partial charge in [0.15, 0.2) is 5.58 Å². The quantitative estimate of drug-likeness (QED) is 0.367. The molecule has 0 saturated heterocycles. The number of nitrogens with zero attached hydrogens (tertiary/aromatic N) is 2. The lowest BCUT2D eigenvalue weighted by molar-refractivity contribution is 0.470. The molecule has 4 nitrogen and oxygen atoms in total. The van der Waals surface area contributed by atoms with E-state index in [1.165, 1.54) is 0 Å². The summed E-state index contributed by atoms with van der Waals surface area (Å²) in [6.45, 7) is 6.00. The van der Waals surface area contributed by atoms with Crippen molar-refractivity contribution in [2.45, 2.75) is 20.8 Å². The van der Waals surface area contributed by atoms with Crippen molar-refractivity contribution in [3.05, 3.63) is 75.3 Å². The molecule has 1 N–H and O–H groups in total. The van der Waals surface area contributed by atoms with Crippen LogP contribution in [0.1, 0.15) is 22.3 Å². The standard InChI is InChI=1S/C23H19BrN2O2/c1-13-7-8-19-20(9-13)28-23(26-19)16-5-4-6-18(11-16)25-12-17-10-14(2)15(3)21(24)22(17)27/h4-12,27H,1-3H3. The van der Waals surface area contributed by atoms with Crippen molar-refractivity contribution in [2.24, 2.45) is 4.99 Å². The van der Waals surface area contributed by atoms with Gasteiger partial charge in [0, 0.05) is 17.3 Å². The van der Waals surface area contributed by atoms with Crippen LogP contribution in [0, 0.1) is 20.8 Å². The van der Waals surface area contributed by atoms with Crippen LogP contribution in [0.15, 0.2) is 62.4 Å². The summed E-state index contributed by atoms with van der Waals surface area (Å²) in [7, 11) is 0. The van der Waals surface area contributed by atoms with Crippen LogP contribution in [0.3, 0.4) is 0 Å². The molecule has 0 atom stereocenters. The maximum atomic E-state index is 10.4. The molecule has 0 spiro atoms. The van der Waals surface area contributed by atoms with Crippen molar-refractivity contribution in [1.82, 2.24) is 4.98 Å². The van der Waals surface area contributed by atoms with E-state index in [-0.39, 0.29) is 5.75 Å². The van der Waals surface area contributed by atoms with Crippen molar-refractivity contribution in [2.75, 3.05) is 0 Å². The zero-order chi connectivity index (χ0) is 19.8. The number of aryl methyl sites for hydroxylation is 2. The van der Waals surface area contributed by atoms with Gasteiger partial charge in [-0.2, -0.15) is 0 Å². The highest BCUT2D eigenvalue weighted by Crippen LogP contribution is 2.33. The average molecular weight is 435 g/mol. The second-order valence-corrected chi connectivity index (χ2v) is 7.66. The Hall–Kier alpha value is -2.92. The van der Waals surface area contributed by atoms with Crippen molar-refractivity contribution in [3.8, 4) is 17.2 Å². The third kappa shape index (κ3) is 3.45. The van der Waals surface area contributed by atoms with Crippen molar-refractivity contribution >= 4 is 38.9 Å². The monoisotopic (exact) mass is 434 g/mol. The smallest absolute Gasteiger partial charge is 0.227 e. The van der Waals surface area contributed by atoms with Gasteiger partial charge in [0.1, 0.15) is 11.3 Å². The predicted octanol–water partition coefficient (Wildman–Crippen LogP) is 6.64. The summed E-state index contributed by atoms with van der Waals surface area (Å²) >= 11 is 3.44. The predicted molar refractivity (Wildman–Crippen MR) is 117 cm³/mol. The minimum absolute atomic E-state index is 0.192. The molecule has 0 bridgehead atoms. The topological polar surface area (TPSA) is 58.6 Å². The molecule has 28 heavy (non-hydrogen) atoms. The normalized spacial score (nSPS) is 11.6. The molecule has 0 aliphatic heterocycles. The zero-order valence-corrected chi connectivity index (χ0v) is 17.4. The summed E-state index contributed by atoms with van der Waals surface area (Å²) in [5.41, 5.74) is 7.11. The van der Waals surface area contributed by atoms with E-state index in [1.54, 1.807) is 6.21 Å². The van der Waals surface area contributed by atoms with E-state index >= 15 is 0 Å². The summed E-state index contributed by atoms with van der Waals surface area (Å²) in [6, 6.07) is 15.6. The van der Waals surface area contributed by atoms with Crippen LogP contribution in [-0.2, 0) is 0 Å². The first-order chi connectivity index (χ1) is 13.4. The third-order valence-corrected chi connectivity index (χ3v) is 5.73. The minimum atomic E-state index is 0.192. The van der Waals surface area contributed by atoms with E-state index in [1.807, 2.05) is 69.3 Å². The van der Waals surface area contributed by atoms with Gasteiger partial charge in [0.05, 0.1) is 10.2 Å². The van der Waals surface area contributed by atoms with Gasteiger partial charge in [0.25, 0.3) is 0 Å². The molecule has 4 aromatic rings. The van der Waals surface area contributed by atoms with Gasteiger partial charge in [0.2, 0.25) is 5.89 Å². The number of oxazole rings is 1. The van der Waals surface area contributed by atoms with Gasteiger partial charge in [-0.3, -0.25) is 4.99 Å². The van der Waals surface area contributed by atoms with E-state index in [0.717, 1.165) is 39.0 Å². The Bertz CT molecular complexity index is 1220. The number of benzene rings is 3. The fraction of sp³-hybridized carbons (Fsp3) is 0.130. The summed E-state index contributed by atoms with van der Waals surface area (Å²) in [5.74, 6) is 0.756. The summed E-state index contributed by atoms with van der Waals surface area (Å²) in [5, 5.41) is 10.4. The van der Waals surface area contributed by atoms with Crippen molar-refractivity contribution in [1.29, 1.82) is 0 Å². The van der Waals surface area contributed by atoms with Crippen molar-refractivity contribution < 1.29 is 9.52 Å². The first-order valence-electron chi connectivity index (χ1n) is 8.93. The lowest BCUT2D eigenvalue weighted by Gasteiger charge is -2.08. The Labute approximate surface area is 171 Å². The van der Waals surface area contributed by atoms with Gasteiger partial charge in [-0.1, -0.05) is 12.1 Å². The van der Waals surface area contributed by atoms with Crippen LogP contribution in [0.25, 0.3) is 22.6 Å². The fourth-order valence-corrected chi connectivity index (χ4v) is 3.55. The van der Waals surface area contributed by atoms with E-state index in [2.05, 4.69) is 25.9 Å². The van der Waals surface area contributed by atoms with Crippen LogP contribution in [0.5, 0.6) is 5.75 Å². The Balaban J connectivity index is 1.68. The van der Waals surface area contributed by atoms with Gasteiger partial charge >= 0.3 is 0 Å². The van der Waals surface area contributed by atoms with Gasteiger partial charge in [-0.05, 0) is 89.8 Å². The molecule has 0 saturated carbocycles. The number of phenols is 1. The second kappa shape index (κ2) is 7.24. The molecule has 0 radical (unpaired) electrons. The van der Waals surface area contributed by atoms with Crippen molar-refractivity contribution in [3.63, 3.8) is 0 Å². The molecule has 1 aromatic heterocycles. The Kier molecular flexibility index (Phi) is 4.77. The molecular weight excluding hydrogens is 416 g/mol. The number of halogens is 1. The van der Waals surface area contributed by atoms with E-state index in [4.69, 9.17) is 4.42 Å². The summed E-state index contributed by atoms with van der Waals surface area (Å²) < 4.78 is 6.61. The lowest BCUT2D eigenvalue weighted by atomic mass is 10.1. The maximum absolute atomic E-state index is 10.4. The van der Waals surface area contributed by atoms with E-state index in [9.17, 15) is 5.11 Å². The van der Waals surface area contributed by atoms with Gasteiger partial charge in [-0.15, -0.1) is 0 Å². The highest BCUT2D eigenvalue weighted by atomic mass is 79.9. The highest BCUT2D eigenvalue weighted by molar-refractivity contribution is 9.10. The molecule has 0 amide bonds. The average Bonchev–Trinajstić information content (AvgIpc) is 3.11. The molecule has 1 heterocycles. The Morgan fingerprint density at radius 2 is 1.89 bits per heavy atom. The number of aliphatic imine (C=N–C) groups is 1. The van der Waals surface area contributed by atoms with Crippen LogP contribution >= 0.6 is 15.9 Å². The molecular formula is C23H19BrN2O2. The first kappa shape index (κ1) is 18.4. The Morgan fingerprint density at radius 3 is 2.71 bits per heavy atom. The first-order valence-corrected chi connectivity index (χ1v) is 9.72. The van der Waals surface area contributed by atoms with Crippen LogP contribution in [-0.4, -0.2) is 16.3 Å². The van der Waals surface area contributed by atoms with E-state index < -0.39 is 0 Å². The van der Waals surface area contributed by atoms with Gasteiger partial charge in [-0.25, -0.2) is 4.98 Å². The molecule has 0 aliphatic carbocycles. The summed E-state index contributed by atoms with van der Waals surface area (Å²) in [6.07, 6.45) is 1.67. The molecule has 4 rings (SSSR count). The number of fused-ring (bicyclic) bond motifs is 1. The number of aromatic nitrogens is 1. The van der Waals surface area contributed by atoms with Crippen LogP contribution in [0.2, 0.25) is 0 Å². The zero-order valence-electron chi connectivity index (χ0n) is 15.8. The molecule has 0 fully saturated rings. The molecule has 0 aliphatic rings. The molecule has 3 aromatic carbocycles.